The molecule has 0 saturated heterocycles. The molecule has 0 spiro atoms. The summed E-state index contributed by atoms with van der Waals surface area (Å²) in [5.41, 5.74) is 0. The third kappa shape index (κ3) is 43.3. The van der Waals surface area contributed by atoms with Gasteiger partial charge in [-0.05, 0) is 77.0 Å². The van der Waals surface area contributed by atoms with Gasteiger partial charge in [-0.25, -0.2) is 0 Å². The molecule has 0 saturated carbocycles. The van der Waals surface area contributed by atoms with Crippen molar-refractivity contribution in [3.63, 3.8) is 0 Å². The van der Waals surface area contributed by atoms with E-state index in [9.17, 15) is 14.4 Å². The Bertz CT molecular complexity index is 1180. The van der Waals surface area contributed by atoms with Crippen molar-refractivity contribution in [2.75, 3.05) is 13.2 Å². The van der Waals surface area contributed by atoms with Crippen molar-refractivity contribution in [2.24, 2.45) is 0 Å². The molecule has 6 nitrogen and oxygen atoms in total. The molecule has 0 aromatic carbocycles. The number of allylic oxidation sites excluding steroid dienone is 16. The smallest absolute Gasteiger partial charge is 0.306 e. The maximum atomic E-state index is 12.7. The van der Waals surface area contributed by atoms with Crippen LogP contribution in [0.1, 0.15) is 188 Å². The van der Waals surface area contributed by atoms with Gasteiger partial charge in [0.05, 0.1) is 0 Å². The first-order chi connectivity index (χ1) is 28.0. The van der Waals surface area contributed by atoms with Crippen molar-refractivity contribution in [2.45, 2.75) is 194 Å². The van der Waals surface area contributed by atoms with E-state index in [0.29, 0.717) is 12.8 Å². The van der Waals surface area contributed by atoms with Gasteiger partial charge < -0.3 is 14.2 Å². The van der Waals surface area contributed by atoms with Crippen LogP contribution in [0.3, 0.4) is 0 Å². The Morgan fingerprint density at radius 3 is 1.30 bits per heavy atom. The van der Waals surface area contributed by atoms with Crippen LogP contribution in [0, 0.1) is 0 Å². The quantitative estimate of drug-likeness (QED) is 0.0203. The third-order valence-electron chi connectivity index (χ3n) is 9.19. The highest BCUT2D eigenvalue weighted by Gasteiger charge is 2.19. The first-order valence-electron chi connectivity index (χ1n) is 22.8. The second kappa shape index (κ2) is 45.0. The summed E-state index contributed by atoms with van der Waals surface area (Å²) in [6.45, 7) is 6.24. The van der Waals surface area contributed by atoms with Gasteiger partial charge in [0, 0.05) is 19.3 Å². The molecule has 1 unspecified atom stereocenters. The zero-order valence-corrected chi connectivity index (χ0v) is 36.6. The number of rotatable bonds is 39. The number of unbranched alkanes of at least 4 members (excludes halogenated alkanes) is 16. The van der Waals surface area contributed by atoms with Crippen molar-refractivity contribution in [1.82, 2.24) is 0 Å². The molecule has 0 fully saturated rings. The van der Waals surface area contributed by atoms with Crippen LogP contribution in [-0.2, 0) is 28.6 Å². The van der Waals surface area contributed by atoms with E-state index in [4.69, 9.17) is 14.2 Å². The highest BCUT2D eigenvalue weighted by molar-refractivity contribution is 5.71. The molecule has 0 aliphatic heterocycles. The fraction of sp³-hybridized carbons (Fsp3) is 0.627. The minimum atomic E-state index is -0.818. The lowest BCUT2D eigenvalue weighted by Crippen LogP contribution is -2.30. The van der Waals surface area contributed by atoms with E-state index in [0.717, 1.165) is 103 Å². The van der Waals surface area contributed by atoms with Gasteiger partial charge in [-0.2, -0.15) is 0 Å². The van der Waals surface area contributed by atoms with Crippen molar-refractivity contribution < 1.29 is 28.6 Å². The third-order valence-corrected chi connectivity index (χ3v) is 9.19. The normalized spacial score (nSPS) is 13.0. The molecule has 0 heterocycles. The van der Waals surface area contributed by atoms with E-state index in [1.165, 1.54) is 38.5 Å². The topological polar surface area (TPSA) is 78.9 Å². The maximum absolute atomic E-state index is 12.7. The number of hydrogen-bond donors (Lipinski definition) is 0. The lowest BCUT2D eigenvalue weighted by atomic mass is 10.1. The summed E-state index contributed by atoms with van der Waals surface area (Å²) in [6.07, 6.45) is 58.3. The Hall–Kier alpha value is -3.67. The van der Waals surface area contributed by atoms with Gasteiger partial charge in [-0.3, -0.25) is 14.4 Å². The zero-order valence-electron chi connectivity index (χ0n) is 36.6. The molecule has 322 valence electrons. The minimum absolute atomic E-state index is 0.116. The SMILES string of the molecule is CC\C=C/C=C\C=C/CCCCCCCC(=O)OCC(COC(=O)CC/C=C\C/C=C\CCCCCCCC)OC(=O)CCCCCCC\C=C/C=C\C=C/CC. The molecule has 0 radical (unpaired) electrons. The number of esters is 3. The summed E-state index contributed by atoms with van der Waals surface area (Å²) in [4.78, 5) is 37.7. The molecule has 0 N–H and O–H groups in total. The second-order valence-electron chi connectivity index (χ2n) is 14.7. The average molecular weight is 791 g/mol. The molecule has 57 heavy (non-hydrogen) atoms. The summed E-state index contributed by atoms with van der Waals surface area (Å²) >= 11 is 0. The lowest BCUT2D eigenvalue weighted by Gasteiger charge is -2.18. The van der Waals surface area contributed by atoms with Crippen LogP contribution in [0.25, 0.3) is 0 Å². The monoisotopic (exact) mass is 791 g/mol. The Morgan fingerprint density at radius 1 is 0.386 bits per heavy atom. The standard InChI is InChI=1S/C51H82O6/c1-4-7-10-13-16-19-22-25-28-31-34-37-40-43-49(52)55-46-48(57-51(54)45-42-39-36-33-30-27-24-21-18-15-12-9-6-3)47-56-50(53)44-41-38-35-32-29-26-23-20-17-14-11-8-5-2/h7,9-10,12-13,15-16,18-19,21-22,24,26,29,35,38,48H,4-6,8,11,14,17,20,23,25,27-28,30-34,36-37,39-47H2,1-3H3/b10-7-,12-9-,16-13-,18-15-,22-19-,24-21-,29-26-,38-35-. The lowest BCUT2D eigenvalue weighted by molar-refractivity contribution is -0.166. The van der Waals surface area contributed by atoms with Crippen LogP contribution in [0.15, 0.2) is 97.2 Å². The van der Waals surface area contributed by atoms with E-state index in [-0.39, 0.29) is 44.0 Å². The van der Waals surface area contributed by atoms with Crippen molar-refractivity contribution in [1.29, 1.82) is 0 Å². The molecular weight excluding hydrogens is 709 g/mol. The average Bonchev–Trinajstić information content (AvgIpc) is 3.21. The van der Waals surface area contributed by atoms with Gasteiger partial charge in [0.15, 0.2) is 6.10 Å². The van der Waals surface area contributed by atoms with Gasteiger partial charge in [0.25, 0.3) is 0 Å². The Labute approximate surface area is 349 Å². The van der Waals surface area contributed by atoms with Gasteiger partial charge >= 0.3 is 17.9 Å². The summed E-state index contributed by atoms with van der Waals surface area (Å²) in [7, 11) is 0. The Morgan fingerprint density at radius 2 is 0.789 bits per heavy atom. The van der Waals surface area contributed by atoms with Crippen LogP contribution in [0.5, 0.6) is 0 Å². The largest absolute Gasteiger partial charge is 0.462 e. The van der Waals surface area contributed by atoms with E-state index in [1.807, 2.05) is 18.2 Å². The highest BCUT2D eigenvalue weighted by Crippen LogP contribution is 2.12. The van der Waals surface area contributed by atoms with E-state index >= 15 is 0 Å². The van der Waals surface area contributed by atoms with Gasteiger partial charge in [0.2, 0.25) is 0 Å². The minimum Gasteiger partial charge on any atom is -0.462 e. The van der Waals surface area contributed by atoms with E-state index in [1.54, 1.807) is 0 Å². The molecule has 0 rings (SSSR count). The van der Waals surface area contributed by atoms with E-state index in [2.05, 4.69) is 99.8 Å². The maximum Gasteiger partial charge on any atom is 0.306 e. The summed E-state index contributed by atoms with van der Waals surface area (Å²) in [5, 5.41) is 0. The van der Waals surface area contributed by atoms with Crippen LogP contribution < -0.4 is 0 Å². The molecule has 0 aromatic heterocycles. The molecule has 0 aromatic rings. The van der Waals surface area contributed by atoms with Crippen LogP contribution in [-0.4, -0.2) is 37.2 Å². The highest BCUT2D eigenvalue weighted by atomic mass is 16.6. The fourth-order valence-electron chi connectivity index (χ4n) is 5.79. The van der Waals surface area contributed by atoms with Gasteiger partial charge in [-0.1, -0.05) is 189 Å². The van der Waals surface area contributed by atoms with Crippen LogP contribution >= 0.6 is 0 Å². The molecule has 0 aliphatic carbocycles. The molecule has 1 atom stereocenters. The predicted octanol–water partition coefficient (Wildman–Crippen LogP) is 14.6. The Kier molecular flexibility index (Phi) is 42.1. The van der Waals surface area contributed by atoms with Crippen molar-refractivity contribution >= 4 is 17.9 Å². The number of carbonyl (C=O) groups excluding carboxylic acids is 3. The van der Waals surface area contributed by atoms with Crippen molar-refractivity contribution in [3.05, 3.63) is 97.2 Å². The molecule has 0 bridgehead atoms. The first-order valence-corrected chi connectivity index (χ1v) is 22.8. The fourth-order valence-corrected chi connectivity index (χ4v) is 5.79. The summed E-state index contributed by atoms with van der Waals surface area (Å²) in [6, 6.07) is 0. The summed E-state index contributed by atoms with van der Waals surface area (Å²) < 4.78 is 16.6. The van der Waals surface area contributed by atoms with Gasteiger partial charge in [0.1, 0.15) is 13.2 Å². The number of carbonyl (C=O) groups is 3. The number of ether oxygens (including phenoxy) is 3. The van der Waals surface area contributed by atoms with E-state index < -0.39 is 6.10 Å². The molecular formula is C51H82O6. The molecule has 0 amide bonds. The second-order valence-corrected chi connectivity index (χ2v) is 14.7. The summed E-state index contributed by atoms with van der Waals surface area (Å²) in [5.74, 6) is -1.04. The first kappa shape index (κ1) is 53.3. The van der Waals surface area contributed by atoms with Crippen LogP contribution in [0.4, 0.5) is 0 Å². The predicted molar refractivity (Wildman–Crippen MR) is 242 cm³/mol. The number of hydrogen-bond acceptors (Lipinski definition) is 6. The molecule has 0 aliphatic rings. The van der Waals surface area contributed by atoms with Crippen molar-refractivity contribution in [3.8, 4) is 0 Å². The van der Waals surface area contributed by atoms with Crippen LogP contribution in [0.2, 0.25) is 0 Å². The van der Waals surface area contributed by atoms with Gasteiger partial charge in [-0.15, -0.1) is 0 Å². The Balaban J connectivity index is 4.54. The zero-order chi connectivity index (χ0) is 41.5. The molecule has 6 heteroatoms.